The number of piperidine rings is 1. The third kappa shape index (κ3) is 4.93. The number of nitrogens with one attached hydrogen (secondary N) is 1. The van der Waals surface area contributed by atoms with Gasteiger partial charge in [0.2, 0.25) is 0 Å². The summed E-state index contributed by atoms with van der Waals surface area (Å²) in [5.74, 6) is 2.22. The molecule has 28 heavy (non-hydrogen) atoms. The third-order valence-corrected chi connectivity index (χ3v) is 5.25. The average Bonchev–Trinajstić information content (AvgIpc) is 2.78. The van der Waals surface area contributed by atoms with Gasteiger partial charge in [-0.3, -0.25) is 0 Å². The fourth-order valence-electron chi connectivity index (χ4n) is 3.64. The van der Waals surface area contributed by atoms with Gasteiger partial charge >= 0.3 is 0 Å². The second kappa shape index (κ2) is 9.43. The van der Waals surface area contributed by atoms with Crippen molar-refractivity contribution in [3.63, 3.8) is 0 Å². The molecule has 3 aromatic rings. The molecule has 1 fully saturated rings. The lowest BCUT2D eigenvalue weighted by molar-refractivity contribution is 0.255. The lowest BCUT2D eigenvalue weighted by atomic mass is 9.90. The van der Waals surface area contributed by atoms with Crippen molar-refractivity contribution >= 4 is 0 Å². The lowest BCUT2D eigenvalue weighted by Gasteiger charge is -2.24. The van der Waals surface area contributed by atoms with Gasteiger partial charge in [0, 0.05) is 0 Å². The van der Waals surface area contributed by atoms with E-state index in [4.69, 9.17) is 9.47 Å². The maximum Gasteiger partial charge on any atom is 0.161 e. The highest BCUT2D eigenvalue weighted by atomic mass is 16.5. The summed E-state index contributed by atoms with van der Waals surface area (Å²) in [6.07, 6.45) is 2.34. The molecule has 0 saturated carbocycles. The monoisotopic (exact) mass is 373 g/mol. The molecule has 0 unspecified atom stereocenters. The molecule has 1 saturated heterocycles. The maximum absolute atomic E-state index is 6.20. The first kappa shape index (κ1) is 18.6. The van der Waals surface area contributed by atoms with E-state index in [1.54, 1.807) is 0 Å². The summed E-state index contributed by atoms with van der Waals surface area (Å²) in [6.45, 7) is 3.24. The van der Waals surface area contributed by atoms with Crippen molar-refractivity contribution in [2.75, 3.05) is 13.1 Å². The highest BCUT2D eigenvalue weighted by molar-refractivity contribution is 5.44. The van der Waals surface area contributed by atoms with Crippen molar-refractivity contribution in [2.24, 2.45) is 0 Å². The number of hydrogen-bond donors (Lipinski definition) is 1. The second-order valence-electron chi connectivity index (χ2n) is 7.28. The standard InChI is InChI=1S/C25H27NO2/c1-3-7-20(8-4-1)18-27-24-12-11-23(22-13-15-26-16-14-22)17-25(24)28-19-21-9-5-2-6-10-21/h1-12,17,22,26H,13-16,18-19H2. The molecule has 4 rings (SSSR count). The molecule has 0 aliphatic carbocycles. The third-order valence-electron chi connectivity index (χ3n) is 5.25. The van der Waals surface area contributed by atoms with E-state index in [0.717, 1.165) is 35.7 Å². The predicted octanol–water partition coefficient (Wildman–Crippen LogP) is 5.31. The lowest BCUT2D eigenvalue weighted by Crippen LogP contribution is -2.26. The van der Waals surface area contributed by atoms with Gasteiger partial charge in [-0.1, -0.05) is 66.7 Å². The van der Waals surface area contributed by atoms with Gasteiger partial charge in [-0.25, -0.2) is 0 Å². The van der Waals surface area contributed by atoms with Crippen LogP contribution in [0.1, 0.15) is 35.4 Å². The summed E-state index contributed by atoms with van der Waals surface area (Å²) < 4.78 is 12.3. The number of hydrogen-bond acceptors (Lipinski definition) is 3. The largest absolute Gasteiger partial charge is 0.485 e. The van der Waals surface area contributed by atoms with Gasteiger partial charge in [0.15, 0.2) is 11.5 Å². The zero-order valence-corrected chi connectivity index (χ0v) is 16.1. The van der Waals surface area contributed by atoms with Crippen LogP contribution in [-0.2, 0) is 13.2 Å². The number of ether oxygens (including phenoxy) is 2. The van der Waals surface area contributed by atoms with E-state index in [1.807, 2.05) is 36.4 Å². The van der Waals surface area contributed by atoms with E-state index in [-0.39, 0.29) is 0 Å². The minimum absolute atomic E-state index is 0.537. The summed E-state index contributed by atoms with van der Waals surface area (Å²) >= 11 is 0. The Kier molecular flexibility index (Phi) is 6.25. The summed E-state index contributed by atoms with van der Waals surface area (Å²) in [5, 5.41) is 3.44. The maximum atomic E-state index is 6.20. The van der Waals surface area contributed by atoms with Crippen LogP contribution in [0.4, 0.5) is 0 Å². The van der Waals surface area contributed by atoms with E-state index >= 15 is 0 Å². The van der Waals surface area contributed by atoms with Gasteiger partial charge in [0.1, 0.15) is 13.2 Å². The minimum Gasteiger partial charge on any atom is -0.485 e. The SMILES string of the molecule is c1ccc(COc2ccc(C3CCNCC3)cc2OCc2ccccc2)cc1. The minimum atomic E-state index is 0.537. The Morgan fingerprint density at radius 2 is 1.25 bits per heavy atom. The number of benzene rings is 3. The summed E-state index contributed by atoms with van der Waals surface area (Å²) in [6, 6.07) is 27.0. The molecular formula is C25H27NO2. The quantitative estimate of drug-likeness (QED) is 0.609. The second-order valence-corrected chi connectivity index (χ2v) is 7.28. The molecule has 0 spiro atoms. The molecule has 1 heterocycles. The molecule has 1 N–H and O–H groups in total. The first-order chi connectivity index (χ1) is 13.9. The van der Waals surface area contributed by atoms with Crippen LogP contribution in [0.25, 0.3) is 0 Å². The molecule has 1 aliphatic heterocycles. The van der Waals surface area contributed by atoms with Crippen LogP contribution in [0.15, 0.2) is 78.9 Å². The Balaban J connectivity index is 1.52. The van der Waals surface area contributed by atoms with Crippen LogP contribution in [0.5, 0.6) is 11.5 Å². The van der Waals surface area contributed by atoms with Gasteiger partial charge in [-0.15, -0.1) is 0 Å². The van der Waals surface area contributed by atoms with Gasteiger partial charge < -0.3 is 14.8 Å². The Hall–Kier alpha value is -2.78. The van der Waals surface area contributed by atoms with Crippen LogP contribution in [-0.4, -0.2) is 13.1 Å². The van der Waals surface area contributed by atoms with Crippen LogP contribution in [0.3, 0.4) is 0 Å². The molecule has 3 heteroatoms. The first-order valence-corrected chi connectivity index (χ1v) is 10.1. The van der Waals surface area contributed by atoms with E-state index in [9.17, 15) is 0 Å². The van der Waals surface area contributed by atoms with Crippen LogP contribution >= 0.6 is 0 Å². The highest BCUT2D eigenvalue weighted by Gasteiger charge is 2.17. The zero-order chi connectivity index (χ0) is 19.0. The van der Waals surface area contributed by atoms with Crippen molar-refractivity contribution in [3.05, 3.63) is 95.6 Å². The summed E-state index contributed by atoms with van der Waals surface area (Å²) in [5.41, 5.74) is 3.65. The number of rotatable bonds is 7. The van der Waals surface area contributed by atoms with E-state index in [0.29, 0.717) is 19.1 Å². The van der Waals surface area contributed by atoms with Crippen molar-refractivity contribution in [1.82, 2.24) is 5.32 Å². The smallest absolute Gasteiger partial charge is 0.161 e. The van der Waals surface area contributed by atoms with Crippen molar-refractivity contribution in [1.29, 1.82) is 0 Å². The molecule has 3 aromatic carbocycles. The summed E-state index contributed by atoms with van der Waals surface area (Å²) in [4.78, 5) is 0. The molecule has 0 amide bonds. The van der Waals surface area contributed by atoms with Crippen LogP contribution in [0, 0.1) is 0 Å². The fourth-order valence-corrected chi connectivity index (χ4v) is 3.64. The molecule has 1 aliphatic rings. The molecular weight excluding hydrogens is 346 g/mol. The normalized spacial score (nSPS) is 14.6. The van der Waals surface area contributed by atoms with Crippen molar-refractivity contribution in [2.45, 2.75) is 32.0 Å². The molecule has 0 aromatic heterocycles. The van der Waals surface area contributed by atoms with Gasteiger partial charge in [0.25, 0.3) is 0 Å². The first-order valence-electron chi connectivity index (χ1n) is 10.1. The summed E-state index contributed by atoms with van der Waals surface area (Å²) in [7, 11) is 0. The Morgan fingerprint density at radius 1 is 0.679 bits per heavy atom. The highest BCUT2D eigenvalue weighted by Crippen LogP contribution is 2.35. The van der Waals surface area contributed by atoms with Gasteiger partial charge in [-0.05, 0) is 60.7 Å². The zero-order valence-electron chi connectivity index (χ0n) is 16.1. The predicted molar refractivity (Wildman–Crippen MR) is 113 cm³/mol. The van der Waals surface area contributed by atoms with Crippen molar-refractivity contribution < 1.29 is 9.47 Å². The molecule has 0 radical (unpaired) electrons. The van der Waals surface area contributed by atoms with E-state index < -0.39 is 0 Å². The van der Waals surface area contributed by atoms with Crippen LogP contribution < -0.4 is 14.8 Å². The van der Waals surface area contributed by atoms with Gasteiger partial charge in [0.05, 0.1) is 0 Å². The molecule has 3 nitrogen and oxygen atoms in total. The molecule has 144 valence electrons. The average molecular weight is 373 g/mol. The molecule has 0 atom stereocenters. The Morgan fingerprint density at radius 3 is 1.86 bits per heavy atom. The molecule has 0 bridgehead atoms. The van der Waals surface area contributed by atoms with E-state index in [1.165, 1.54) is 18.4 Å². The van der Waals surface area contributed by atoms with E-state index in [2.05, 4.69) is 47.8 Å². The fraction of sp³-hybridized carbons (Fsp3) is 0.280. The Bertz CT molecular complexity index is 858. The van der Waals surface area contributed by atoms with Crippen molar-refractivity contribution in [3.8, 4) is 11.5 Å². The van der Waals surface area contributed by atoms with Crippen LogP contribution in [0.2, 0.25) is 0 Å². The van der Waals surface area contributed by atoms with Gasteiger partial charge in [-0.2, -0.15) is 0 Å². The Labute approximate surface area is 167 Å². The topological polar surface area (TPSA) is 30.5 Å².